The van der Waals surface area contributed by atoms with Crippen LogP contribution in [0.15, 0.2) is 0 Å². The van der Waals surface area contributed by atoms with Crippen molar-refractivity contribution in [2.24, 2.45) is 23.2 Å². The molecule has 20 heavy (non-hydrogen) atoms. The van der Waals surface area contributed by atoms with Crippen LogP contribution in [0, 0.1) is 23.2 Å². The molecule has 3 rings (SSSR count). The number of rotatable bonds is 4. The maximum Gasteiger partial charge on any atom is 0.160 e. The minimum absolute atomic E-state index is 0.0898. The molecule has 2 heterocycles. The monoisotopic (exact) mass is 286 g/mol. The Kier molecular flexibility index (Phi) is 4.80. The summed E-state index contributed by atoms with van der Waals surface area (Å²) in [5.74, 6) is 1.15. The number of aliphatic hydroxyl groups excluding tert-OH is 2. The summed E-state index contributed by atoms with van der Waals surface area (Å²) in [6.07, 6.45) is 1.02. The molecule has 2 bridgehead atoms. The van der Waals surface area contributed by atoms with Crippen LogP contribution in [-0.4, -0.2) is 35.0 Å². The fourth-order valence-corrected chi connectivity index (χ4v) is 3.13. The predicted molar refractivity (Wildman–Crippen MR) is 76.9 cm³/mol. The third-order valence-corrected chi connectivity index (χ3v) is 5.65. The zero-order chi connectivity index (χ0) is 15.1. The standard InChI is InChI=1S/C16H30O4/c1-9(2)16(4,5)15(18)20-14-11-7-6-8-12(17)19-13(14)10(11)3/h9-15,17-18H,6-8H2,1-5H3. The average Bonchev–Trinajstić information content (AvgIpc) is 2.36. The molecule has 0 amide bonds. The van der Waals surface area contributed by atoms with Crippen LogP contribution in [0.3, 0.4) is 0 Å². The lowest BCUT2D eigenvalue weighted by Gasteiger charge is -2.53. The highest BCUT2D eigenvalue weighted by atomic mass is 16.7. The molecule has 0 spiro atoms. The van der Waals surface area contributed by atoms with Gasteiger partial charge in [0, 0.05) is 5.41 Å². The molecule has 118 valence electrons. The van der Waals surface area contributed by atoms with Gasteiger partial charge >= 0.3 is 0 Å². The number of aliphatic hydroxyl groups is 2. The van der Waals surface area contributed by atoms with Crippen molar-refractivity contribution in [2.45, 2.75) is 78.7 Å². The molecule has 2 saturated heterocycles. The number of hydrogen-bond acceptors (Lipinski definition) is 4. The van der Waals surface area contributed by atoms with E-state index in [1.165, 1.54) is 0 Å². The first kappa shape index (κ1) is 16.2. The lowest BCUT2D eigenvalue weighted by molar-refractivity contribution is -0.313. The zero-order valence-corrected chi connectivity index (χ0v) is 13.4. The van der Waals surface area contributed by atoms with Gasteiger partial charge in [0.15, 0.2) is 12.6 Å². The van der Waals surface area contributed by atoms with Gasteiger partial charge in [0.05, 0.1) is 12.2 Å². The van der Waals surface area contributed by atoms with Crippen LogP contribution in [0.4, 0.5) is 0 Å². The van der Waals surface area contributed by atoms with E-state index in [9.17, 15) is 10.2 Å². The van der Waals surface area contributed by atoms with Crippen LogP contribution in [0.2, 0.25) is 0 Å². The molecule has 6 atom stereocenters. The molecule has 4 nitrogen and oxygen atoms in total. The largest absolute Gasteiger partial charge is 0.368 e. The van der Waals surface area contributed by atoms with Gasteiger partial charge in [-0.05, 0) is 37.0 Å². The number of hydrogen-bond donors (Lipinski definition) is 2. The third kappa shape index (κ3) is 2.89. The molecule has 6 unspecified atom stereocenters. The molecule has 0 aromatic rings. The average molecular weight is 286 g/mol. The summed E-state index contributed by atoms with van der Waals surface area (Å²) in [6.45, 7) is 10.4. The molecule has 2 aliphatic heterocycles. The summed E-state index contributed by atoms with van der Waals surface area (Å²) in [6, 6.07) is 0. The van der Waals surface area contributed by atoms with E-state index in [0.717, 1.165) is 12.8 Å². The Labute approximate surface area is 122 Å². The first-order valence-electron chi connectivity index (χ1n) is 7.92. The molecular formula is C16H30O4. The van der Waals surface area contributed by atoms with Gasteiger partial charge in [0.25, 0.3) is 0 Å². The topological polar surface area (TPSA) is 58.9 Å². The van der Waals surface area contributed by atoms with Crippen molar-refractivity contribution in [3.63, 3.8) is 0 Å². The van der Waals surface area contributed by atoms with Crippen molar-refractivity contribution in [2.75, 3.05) is 0 Å². The fourth-order valence-electron chi connectivity index (χ4n) is 3.13. The maximum absolute atomic E-state index is 10.4. The molecule has 0 radical (unpaired) electrons. The van der Waals surface area contributed by atoms with E-state index in [4.69, 9.17) is 9.47 Å². The van der Waals surface area contributed by atoms with Crippen LogP contribution in [0.1, 0.15) is 53.9 Å². The smallest absolute Gasteiger partial charge is 0.160 e. The van der Waals surface area contributed by atoms with Crippen molar-refractivity contribution >= 4 is 0 Å². The maximum atomic E-state index is 10.4. The first-order chi connectivity index (χ1) is 9.25. The van der Waals surface area contributed by atoms with Gasteiger partial charge in [-0.15, -0.1) is 0 Å². The summed E-state index contributed by atoms with van der Waals surface area (Å²) < 4.78 is 11.6. The van der Waals surface area contributed by atoms with Crippen LogP contribution < -0.4 is 0 Å². The molecule has 0 aromatic heterocycles. The quantitative estimate of drug-likeness (QED) is 0.780. The molecule has 4 heteroatoms. The van der Waals surface area contributed by atoms with E-state index in [0.29, 0.717) is 24.2 Å². The normalized spacial score (nSPS) is 39.9. The van der Waals surface area contributed by atoms with E-state index in [-0.39, 0.29) is 17.6 Å². The van der Waals surface area contributed by atoms with Gasteiger partial charge in [-0.2, -0.15) is 0 Å². The summed E-state index contributed by atoms with van der Waals surface area (Å²) in [5.41, 5.74) is -0.295. The van der Waals surface area contributed by atoms with Gasteiger partial charge in [-0.25, -0.2) is 0 Å². The predicted octanol–water partition coefficient (Wildman–Crippen LogP) is 2.53. The molecule has 0 aromatic carbocycles. The van der Waals surface area contributed by atoms with Crippen LogP contribution in [0.5, 0.6) is 0 Å². The Morgan fingerprint density at radius 3 is 2.50 bits per heavy atom. The van der Waals surface area contributed by atoms with Crippen LogP contribution >= 0.6 is 0 Å². The Balaban J connectivity index is 2.02. The Morgan fingerprint density at radius 1 is 1.25 bits per heavy atom. The lowest BCUT2D eigenvalue weighted by Crippen LogP contribution is -2.61. The number of fused-ring (bicyclic) bond motifs is 4. The summed E-state index contributed by atoms with van der Waals surface area (Å²) in [7, 11) is 0. The lowest BCUT2D eigenvalue weighted by atomic mass is 9.66. The van der Waals surface area contributed by atoms with Gasteiger partial charge in [0.1, 0.15) is 0 Å². The van der Waals surface area contributed by atoms with Gasteiger partial charge in [0.2, 0.25) is 0 Å². The molecular weight excluding hydrogens is 256 g/mol. The van der Waals surface area contributed by atoms with E-state index in [1.54, 1.807) is 0 Å². The van der Waals surface area contributed by atoms with Gasteiger partial charge in [-0.3, -0.25) is 0 Å². The Morgan fingerprint density at radius 2 is 1.90 bits per heavy atom. The highest BCUT2D eigenvalue weighted by Gasteiger charge is 2.52. The molecule has 3 fully saturated rings. The number of ether oxygens (including phenoxy) is 2. The Hall–Kier alpha value is -0.160. The highest BCUT2D eigenvalue weighted by molar-refractivity contribution is 4.99. The SMILES string of the molecule is CC1C2CCCC(O)OC1C2OC(O)C(C)(C)C(C)C. The molecule has 2 N–H and O–H groups in total. The van der Waals surface area contributed by atoms with Crippen LogP contribution in [0.25, 0.3) is 0 Å². The van der Waals surface area contributed by atoms with E-state index < -0.39 is 12.6 Å². The van der Waals surface area contributed by atoms with E-state index in [2.05, 4.69) is 20.8 Å². The minimum Gasteiger partial charge on any atom is -0.368 e. The van der Waals surface area contributed by atoms with Crippen molar-refractivity contribution in [1.82, 2.24) is 0 Å². The van der Waals surface area contributed by atoms with Crippen molar-refractivity contribution < 1.29 is 19.7 Å². The highest BCUT2D eigenvalue weighted by Crippen LogP contribution is 2.46. The minimum atomic E-state index is -0.801. The van der Waals surface area contributed by atoms with Gasteiger partial charge < -0.3 is 19.7 Å². The molecule has 1 saturated carbocycles. The van der Waals surface area contributed by atoms with E-state index >= 15 is 0 Å². The fraction of sp³-hybridized carbons (Fsp3) is 1.00. The molecule has 3 aliphatic rings. The second kappa shape index (κ2) is 5.91. The zero-order valence-electron chi connectivity index (χ0n) is 13.4. The van der Waals surface area contributed by atoms with Crippen molar-refractivity contribution in [3.05, 3.63) is 0 Å². The second-order valence-electron chi connectivity index (χ2n) is 7.44. The second-order valence-corrected chi connectivity index (χ2v) is 7.44. The first-order valence-corrected chi connectivity index (χ1v) is 7.92. The summed E-state index contributed by atoms with van der Waals surface area (Å²) >= 11 is 0. The van der Waals surface area contributed by atoms with Crippen molar-refractivity contribution in [3.8, 4) is 0 Å². The van der Waals surface area contributed by atoms with Crippen LogP contribution in [-0.2, 0) is 9.47 Å². The van der Waals surface area contributed by atoms with Crippen molar-refractivity contribution in [1.29, 1.82) is 0 Å². The third-order valence-electron chi connectivity index (χ3n) is 5.65. The Bertz CT molecular complexity index is 328. The van der Waals surface area contributed by atoms with E-state index in [1.807, 2.05) is 13.8 Å². The summed E-state index contributed by atoms with van der Waals surface area (Å²) in [5, 5.41) is 20.2. The summed E-state index contributed by atoms with van der Waals surface area (Å²) in [4.78, 5) is 0. The molecule has 1 aliphatic carbocycles. The van der Waals surface area contributed by atoms with Gasteiger partial charge in [-0.1, -0.05) is 34.6 Å².